The number of alkyl halides is 6. The highest BCUT2D eigenvalue weighted by Crippen LogP contribution is 2.37. The lowest BCUT2D eigenvalue weighted by molar-refractivity contribution is -0.143. The number of benzene rings is 2. The molecule has 176 valence electrons. The maximum atomic E-state index is 13.0. The van der Waals surface area contributed by atoms with Gasteiger partial charge in [-0.25, -0.2) is 4.99 Å². The molecule has 3 rings (SSSR count). The van der Waals surface area contributed by atoms with Crippen molar-refractivity contribution < 1.29 is 40.7 Å². The first kappa shape index (κ1) is 24.6. The molecule has 0 radical (unpaired) electrons. The summed E-state index contributed by atoms with van der Waals surface area (Å²) in [4.78, 5) is 28.8. The summed E-state index contributed by atoms with van der Waals surface area (Å²) in [6, 6.07) is 7.73. The minimum absolute atomic E-state index is 0.00512. The number of hydrogen-bond acceptors (Lipinski definition) is 5. The maximum Gasteiger partial charge on any atom is 0.416 e. The van der Waals surface area contributed by atoms with E-state index in [-0.39, 0.29) is 17.7 Å². The van der Waals surface area contributed by atoms with Gasteiger partial charge in [0, 0.05) is 12.8 Å². The monoisotopic (exact) mass is 490 g/mol. The van der Waals surface area contributed by atoms with Crippen molar-refractivity contribution in [2.24, 2.45) is 4.99 Å². The lowest BCUT2D eigenvalue weighted by Crippen LogP contribution is -2.26. The fourth-order valence-electron chi connectivity index (χ4n) is 3.05. The van der Waals surface area contributed by atoms with E-state index in [2.05, 4.69) is 10.3 Å². The molecule has 0 bridgehead atoms. The first-order valence-electron chi connectivity index (χ1n) is 9.36. The van der Waals surface area contributed by atoms with Crippen LogP contribution in [0.3, 0.4) is 0 Å². The molecule has 1 N–H and O–H groups in total. The van der Waals surface area contributed by atoms with Crippen molar-refractivity contribution in [3.63, 3.8) is 0 Å². The number of para-hydroxylation sites is 2. The van der Waals surface area contributed by atoms with Gasteiger partial charge < -0.3 is 10.1 Å². The Balaban J connectivity index is 1.73. The number of amidine groups is 1. The van der Waals surface area contributed by atoms with E-state index in [9.17, 15) is 35.9 Å². The summed E-state index contributed by atoms with van der Waals surface area (Å²) in [6.45, 7) is 0. The fourth-order valence-corrected chi connectivity index (χ4v) is 4.07. The molecule has 0 spiro atoms. The van der Waals surface area contributed by atoms with E-state index in [0.717, 1.165) is 11.8 Å². The quantitative estimate of drug-likeness (QED) is 0.569. The minimum Gasteiger partial charge on any atom is -0.494 e. The van der Waals surface area contributed by atoms with Crippen LogP contribution in [0.5, 0.6) is 5.75 Å². The van der Waals surface area contributed by atoms with Crippen LogP contribution in [0.4, 0.5) is 32.0 Å². The largest absolute Gasteiger partial charge is 0.494 e. The molecule has 5 nitrogen and oxygen atoms in total. The normalized spacial score (nSPS) is 17.8. The van der Waals surface area contributed by atoms with Gasteiger partial charge in [-0.05, 0) is 35.9 Å². The molecule has 0 aromatic heterocycles. The van der Waals surface area contributed by atoms with Crippen LogP contribution in [0.2, 0.25) is 0 Å². The lowest BCUT2D eigenvalue weighted by Gasteiger charge is -2.14. The molecule has 1 saturated heterocycles. The van der Waals surface area contributed by atoms with Crippen molar-refractivity contribution in [3.05, 3.63) is 59.2 Å². The number of carbonyl (C=O) groups is 2. The number of Topliss-reactive ketones (excluding diaryl/α,β-unsaturated/α-hetero) is 1. The van der Waals surface area contributed by atoms with E-state index in [1.165, 1.54) is 7.11 Å². The highest BCUT2D eigenvalue weighted by Gasteiger charge is 2.37. The molecular weight excluding hydrogens is 474 g/mol. The Morgan fingerprint density at radius 3 is 2.24 bits per heavy atom. The van der Waals surface area contributed by atoms with Gasteiger partial charge in [0.05, 0.1) is 23.5 Å². The molecule has 1 heterocycles. The van der Waals surface area contributed by atoms with Gasteiger partial charge in [-0.2, -0.15) is 26.3 Å². The predicted octanol–water partition coefficient (Wildman–Crippen LogP) is 5.15. The summed E-state index contributed by atoms with van der Waals surface area (Å²) in [5, 5.41) is 1.78. The summed E-state index contributed by atoms with van der Waals surface area (Å²) >= 11 is 0.939. The number of hydrogen-bond donors (Lipinski definition) is 1. The molecule has 1 amide bonds. The number of rotatable bonds is 6. The number of methoxy groups -OCH3 is 1. The van der Waals surface area contributed by atoms with Gasteiger partial charge in [0.25, 0.3) is 0 Å². The average molecular weight is 490 g/mol. The summed E-state index contributed by atoms with van der Waals surface area (Å²) in [5.41, 5.74) is -3.01. The van der Waals surface area contributed by atoms with Crippen molar-refractivity contribution in [2.75, 3.05) is 7.11 Å². The van der Waals surface area contributed by atoms with E-state index >= 15 is 0 Å². The molecule has 12 heteroatoms. The van der Waals surface area contributed by atoms with Gasteiger partial charge in [0.15, 0.2) is 5.17 Å². The number of aliphatic imine (C=N–C) groups is 1. The standard InChI is InChI=1S/C21H16F6N2O3S/c1-32-16-5-3-2-4-15(16)28-19-29-18(31)17(33-19)10-14(30)8-11-6-12(20(22,23)24)9-13(7-11)21(25,26)27/h2-7,9,17H,8,10H2,1H3,(H,28,29,31). The van der Waals surface area contributed by atoms with E-state index < -0.39 is 52.4 Å². The molecule has 0 saturated carbocycles. The number of nitrogens with zero attached hydrogens (tertiary/aromatic N) is 1. The molecule has 1 atom stereocenters. The van der Waals surface area contributed by atoms with Crippen LogP contribution in [-0.2, 0) is 28.4 Å². The maximum absolute atomic E-state index is 13.0. The summed E-state index contributed by atoms with van der Waals surface area (Å²) in [7, 11) is 1.44. The molecule has 1 aliphatic heterocycles. The van der Waals surface area contributed by atoms with Crippen molar-refractivity contribution >= 4 is 34.3 Å². The Labute approximate surface area is 188 Å². The van der Waals surface area contributed by atoms with Gasteiger partial charge in [-0.15, -0.1) is 0 Å². The Morgan fingerprint density at radius 1 is 1.06 bits per heavy atom. The molecule has 2 aromatic rings. The molecule has 2 aromatic carbocycles. The fraction of sp³-hybridized carbons (Fsp3) is 0.286. The van der Waals surface area contributed by atoms with Crippen LogP contribution in [-0.4, -0.2) is 29.2 Å². The number of halogens is 6. The number of ketones is 1. The average Bonchev–Trinajstić information content (AvgIpc) is 3.05. The number of ether oxygens (including phenoxy) is 1. The minimum atomic E-state index is -5.01. The van der Waals surface area contributed by atoms with Crippen LogP contribution in [0.25, 0.3) is 0 Å². The van der Waals surface area contributed by atoms with Crippen molar-refractivity contribution in [1.29, 1.82) is 0 Å². The van der Waals surface area contributed by atoms with Crippen molar-refractivity contribution in [3.8, 4) is 5.75 Å². The highest BCUT2D eigenvalue weighted by atomic mass is 32.2. The topological polar surface area (TPSA) is 67.8 Å². The number of thioether (sulfide) groups is 1. The van der Waals surface area contributed by atoms with Crippen molar-refractivity contribution in [1.82, 2.24) is 5.32 Å². The van der Waals surface area contributed by atoms with Gasteiger partial charge in [0.1, 0.15) is 17.2 Å². The van der Waals surface area contributed by atoms with Crippen LogP contribution in [0, 0.1) is 0 Å². The second kappa shape index (κ2) is 9.46. The van der Waals surface area contributed by atoms with Crippen molar-refractivity contribution in [2.45, 2.75) is 30.4 Å². The Bertz CT molecular complexity index is 1070. The van der Waals surface area contributed by atoms with E-state index in [1.54, 1.807) is 24.3 Å². The second-order valence-corrected chi connectivity index (χ2v) is 8.21. The van der Waals surface area contributed by atoms with Gasteiger partial charge >= 0.3 is 12.4 Å². The van der Waals surface area contributed by atoms with Crippen LogP contribution < -0.4 is 10.1 Å². The zero-order valence-electron chi connectivity index (χ0n) is 16.9. The number of amides is 1. The third-order valence-electron chi connectivity index (χ3n) is 4.55. The predicted molar refractivity (Wildman–Crippen MR) is 109 cm³/mol. The lowest BCUT2D eigenvalue weighted by atomic mass is 9.99. The third-order valence-corrected chi connectivity index (χ3v) is 5.63. The SMILES string of the molecule is COc1ccccc1N=C1NC(=O)C(CC(=O)Cc2cc(C(F)(F)F)cc(C(F)(F)F)c2)S1. The summed E-state index contributed by atoms with van der Waals surface area (Å²) < 4.78 is 83.2. The summed E-state index contributed by atoms with van der Waals surface area (Å²) in [5.74, 6) is -0.778. The molecular formula is C21H16F6N2O3S. The smallest absolute Gasteiger partial charge is 0.416 e. The first-order valence-corrected chi connectivity index (χ1v) is 10.2. The summed E-state index contributed by atoms with van der Waals surface area (Å²) in [6.07, 6.45) is -11.1. The van der Waals surface area contributed by atoms with E-state index in [1.807, 2.05) is 0 Å². The van der Waals surface area contributed by atoms with Gasteiger partial charge in [-0.3, -0.25) is 9.59 Å². The first-order chi connectivity index (χ1) is 15.4. The zero-order chi connectivity index (χ0) is 24.4. The molecule has 1 unspecified atom stereocenters. The van der Waals surface area contributed by atoms with E-state index in [4.69, 9.17) is 4.74 Å². The second-order valence-electron chi connectivity index (χ2n) is 7.02. The van der Waals surface area contributed by atoms with Gasteiger partial charge in [0.2, 0.25) is 5.91 Å². The zero-order valence-corrected chi connectivity index (χ0v) is 17.7. The third kappa shape index (κ3) is 6.28. The van der Waals surface area contributed by atoms with Crippen LogP contribution >= 0.6 is 11.8 Å². The molecule has 1 fully saturated rings. The molecule has 1 aliphatic rings. The number of carbonyl (C=O) groups excluding carboxylic acids is 2. The Hall–Kier alpha value is -3.02. The van der Waals surface area contributed by atoms with Crippen LogP contribution in [0.15, 0.2) is 47.5 Å². The Morgan fingerprint density at radius 2 is 1.67 bits per heavy atom. The van der Waals surface area contributed by atoms with Gasteiger partial charge in [-0.1, -0.05) is 23.9 Å². The highest BCUT2D eigenvalue weighted by molar-refractivity contribution is 8.15. The number of nitrogens with one attached hydrogen (secondary N) is 1. The Kier molecular flexibility index (Phi) is 7.06. The molecule has 33 heavy (non-hydrogen) atoms. The van der Waals surface area contributed by atoms with E-state index in [0.29, 0.717) is 23.6 Å². The molecule has 0 aliphatic carbocycles. The van der Waals surface area contributed by atoms with Crippen LogP contribution in [0.1, 0.15) is 23.1 Å².